The van der Waals surface area contributed by atoms with Gasteiger partial charge in [-0.2, -0.15) is 0 Å². The second kappa shape index (κ2) is 8.28. The quantitative estimate of drug-likeness (QED) is 0.663. The van der Waals surface area contributed by atoms with E-state index in [0.717, 1.165) is 5.56 Å². The third-order valence-electron chi connectivity index (χ3n) is 4.02. The van der Waals surface area contributed by atoms with Crippen molar-refractivity contribution in [2.24, 2.45) is 5.92 Å². The number of rotatable bonds is 6. The number of aromatic nitrogens is 1. The lowest BCUT2D eigenvalue weighted by molar-refractivity contribution is -0.124. The molecule has 2 rings (SSSR count). The summed E-state index contributed by atoms with van der Waals surface area (Å²) in [6, 6.07) is 1.95. The summed E-state index contributed by atoms with van der Waals surface area (Å²) < 4.78 is 22.9. The minimum Gasteiger partial charge on any atom is -0.350 e. The van der Waals surface area contributed by atoms with Gasteiger partial charge in [-0.3, -0.25) is 9.78 Å². The van der Waals surface area contributed by atoms with Gasteiger partial charge in [0.15, 0.2) is 9.84 Å². The Hall–Kier alpha value is -2.16. The largest absolute Gasteiger partial charge is 0.350 e. The highest BCUT2D eigenvalue weighted by molar-refractivity contribution is 7.91. The van der Waals surface area contributed by atoms with Crippen LogP contribution < -0.4 is 16.0 Å². The fraction of sp³-hybridized carbons (Fsp3) is 0.562. The summed E-state index contributed by atoms with van der Waals surface area (Å²) in [5, 5.41) is 8.06. The third kappa shape index (κ3) is 6.00. The Morgan fingerprint density at radius 3 is 2.52 bits per heavy atom. The van der Waals surface area contributed by atoms with E-state index in [1.807, 2.05) is 13.8 Å². The number of urea groups is 1. The van der Waals surface area contributed by atoms with Gasteiger partial charge < -0.3 is 16.0 Å². The lowest BCUT2D eigenvalue weighted by Crippen LogP contribution is -2.54. The molecule has 0 spiro atoms. The monoisotopic (exact) mass is 368 g/mol. The number of hydrogen-bond donors (Lipinski definition) is 3. The number of pyridine rings is 1. The molecule has 3 amide bonds. The highest BCUT2D eigenvalue weighted by atomic mass is 32.2. The molecule has 1 saturated heterocycles. The molecular weight excluding hydrogens is 344 g/mol. The zero-order valence-electron chi connectivity index (χ0n) is 14.4. The summed E-state index contributed by atoms with van der Waals surface area (Å²) in [6.45, 7) is 4.00. The maximum Gasteiger partial charge on any atom is 0.315 e. The Bertz CT molecular complexity index is 706. The van der Waals surface area contributed by atoms with Gasteiger partial charge in [0.2, 0.25) is 5.91 Å². The minimum atomic E-state index is -3.07. The van der Waals surface area contributed by atoms with Crippen molar-refractivity contribution in [1.82, 2.24) is 20.9 Å². The van der Waals surface area contributed by atoms with Crippen LogP contribution in [0.5, 0.6) is 0 Å². The number of amides is 3. The Kier molecular flexibility index (Phi) is 6.35. The van der Waals surface area contributed by atoms with Crippen molar-refractivity contribution in [1.29, 1.82) is 0 Å². The number of sulfone groups is 1. The molecule has 8 nitrogen and oxygen atoms in total. The number of carbonyl (C=O) groups excluding carboxylic acids is 2. The van der Waals surface area contributed by atoms with Crippen LogP contribution in [0, 0.1) is 5.92 Å². The fourth-order valence-electron chi connectivity index (χ4n) is 2.61. The Balaban J connectivity index is 1.86. The first-order chi connectivity index (χ1) is 11.8. The lowest BCUT2D eigenvalue weighted by atomic mass is 10.0. The van der Waals surface area contributed by atoms with E-state index in [4.69, 9.17) is 0 Å². The summed E-state index contributed by atoms with van der Waals surface area (Å²) >= 11 is 0. The molecule has 1 aromatic rings. The normalized spacial score (nSPS) is 20.0. The van der Waals surface area contributed by atoms with Crippen molar-refractivity contribution in [3.05, 3.63) is 30.1 Å². The predicted octanol–water partition coefficient (Wildman–Crippen LogP) is 0.209. The molecule has 138 valence electrons. The fourth-order valence-corrected chi connectivity index (χ4v) is 4.29. The molecule has 3 N–H and O–H groups in total. The van der Waals surface area contributed by atoms with Crippen LogP contribution in [0.2, 0.25) is 0 Å². The lowest BCUT2D eigenvalue weighted by Gasteiger charge is -2.23. The van der Waals surface area contributed by atoms with Crippen molar-refractivity contribution < 1.29 is 18.0 Å². The van der Waals surface area contributed by atoms with Gasteiger partial charge >= 0.3 is 6.03 Å². The van der Waals surface area contributed by atoms with Gasteiger partial charge in [0.1, 0.15) is 6.04 Å². The van der Waals surface area contributed by atoms with Gasteiger partial charge in [0, 0.05) is 25.0 Å². The maximum atomic E-state index is 12.4. The molecule has 1 fully saturated rings. The van der Waals surface area contributed by atoms with Gasteiger partial charge in [0.05, 0.1) is 11.5 Å². The molecule has 0 radical (unpaired) electrons. The second-order valence-electron chi connectivity index (χ2n) is 6.51. The molecule has 9 heteroatoms. The van der Waals surface area contributed by atoms with Crippen LogP contribution in [0.25, 0.3) is 0 Å². The van der Waals surface area contributed by atoms with Crippen LogP contribution in [0.15, 0.2) is 24.5 Å². The number of nitrogens with zero attached hydrogens (tertiary/aromatic N) is 1. The van der Waals surface area contributed by atoms with Crippen molar-refractivity contribution in [3.8, 4) is 0 Å². The average molecular weight is 368 g/mol. The zero-order chi connectivity index (χ0) is 18.4. The minimum absolute atomic E-state index is 0.0546. The smallest absolute Gasteiger partial charge is 0.315 e. The van der Waals surface area contributed by atoms with Crippen LogP contribution in [0.4, 0.5) is 4.79 Å². The van der Waals surface area contributed by atoms with E-state index in [2.05, 4.69) is 20.9 Å². The molecule has 2 heterocycles. The number of hydrogen-bond acceptors (Lipinski definition) is 5. The molecule has 0 saturated carbocycles. The molecule has 1 aliphatic rings. The Labute approximate surface area is 147 Å². The summed E-state index contributed by atoms with van der Waals surface area (Å²) in [5.41, 5.74) is 0.909. The zero-order valence-corrected chi connectivity index (χ0v) is 15.2. The second-order valence-corrected chi connectivity index (χ2v) is 8.74. The van der Waals surface area contributed by atoms with E-state index in [0.29, 0.717) is 13.0 Å². The first-order valence-corrected chi connectivity index (χ1v) is 10.0. The van der Waals surface area contributed by atoms with Crippen molar-refractivity contribution >= 4 is 21.8 Å². The van der Waals surface area contributed by atoms with Crippen LogP contribution in [0.3, 0.4) is 0 Å². The summed E-state index contributed by atoms with van der Waals surface area (Å²) in [6.07, 6.45) is 3.68. The van der Waals surface area contributed by atoms with E-state index in [-0.39, 0.29) is 23.3 Å². The highest BCUT2D eigenvalue weighted by Crippen LogP contribution is 2.11. The van der Waals surface area contributed by atoms with E-state index in [9.17, 15) is 18.0 Å². The summed E-state index contributed by atoms with van der Waals surface area (Å²) in [4.78, 5) is 28.4. The molecule has 1 aliphatic heterocycles. The summed E-state index contributed by atoms with van der Waals surface area (Å²) in [5.74, 6) is -0.379. The molecule has 0 bridgehead atoms. The van der Waals surface area contributed by atoms with Crippen LogP contribution in [-0.4, -0.2) is 48.9 Å². The van der Waals surface area contributed by atoms with Crippen molar-refractivity contribution in [2.45, 2.75) is 38.9 Å². The SMILES string of the molecule is CC(C)[C@H](NC(=O)NC1CCS(=O)(=O)C1)C(=O)NCc1ccncc1. The molecular formula is C16H24N4O4S. The molecule has 2 atom stereocenters. The molecule has 25 heavy (non-hydrogen) atoms. The molecule has 1 unspecified atom stereocenters. The van der Waals surface area contributed by atoms with E-state index < -0.39 is 28.0 Å². The predicted molar refractivity (Wildman–Crippen MR) is 93.4 cm³/mol. The van der Waals surface area contributed by atoms with Gasteiger partial charge in [-0.1, -0.05) is 13.8 Å². The first kappa shape index (κ1) is 19.2. The third-order valence-corrected chi connectivity index (χ3v) is 5.79. The van der Waals surface area contributed by atoms with E-state index >= 15 is 0 Å². The van der Waals surface area contributed by atoms with E-state index in [1.54, 1.807) is 24.5 Å². The number of carbonyl (C=O) groups is 2. The molecule has 0 aliphatic carbocycles. The Morgan fingerprint density at radius 1 is 1.28 bits per heavy atom. The molecule has 0 aromatic carbocycles. The number of nitrogens with one attached hydrogen (secondary N) is 3. The average Bonchev–Trinajstić information content (AvgIpc) is 2.89. The topological polar surface area (TPSA) is 117 Å². The summed E-state index contributed by atoms with van der Waals surface area (Å²) in [7, 11) is -3.07. The van der Waals surface area contributed by atoms with E-state index in [1.165, 1.54) is 0 Å². The Morgan fingerprint density at radius 2 is 1.96 bits per heavy atom. The van der Waals surface area contributed by atoms with Gasteiger partial charge in [-0.15, -0.1) is 0 Å². The maximum absolute atomic E-state index is 12.4. The van der Waals surface area contributed by atoms with Crippen molar-refractivity contribution in [3.63, 3.8) is 0 Å². The first-order valence-electron chi connectivity index (χ1n) is 8.21. The van der Waals surface area contributed by atoms with Crippen LogP contribution in [-0.2, 0) is 21.2 Å². The van der Waals surface area contributed by atoms with Crippen LogP contribution >= 0.6 is 0 Å². The van der Waals surface area contributed by atoms with Gasteiger partial charge in [-0.05, 0) is 30.0 Å². The highest BCUT2D eigenvalue weighted by Gasteiger charge is 2.30. The van der Waals surface area contributed by atoms with Crippen LogP contribution in [0.1, 0.15) is 25.8 Å². The van der Waals surface area contributed by atoms with Gasteiger partial charge in [0.25, 0.3) is 0 Å². The standard InChI is InChI=1S/C16H24N4O4S/c1-11(2)14(15(21)18-9-12-3-6-17-7-4-12)20-16(22)19-13-5-8-25(23,24)10-13/h3-4,6-7,11,13-14H,5,8-10H2,1-2H3,(H,18,21)(H2,19,20,22)/t13?,14-/m0/s1. The molecule has 1 aromatic heterocycles. The van der Waals surface area contributed by atoms with Crippen molar-refractivity contribution in [2.75, 3.05) is 11.5 Å². The van der Waals surface area contributed by atoms with Gasteiger partial charge in [-0.25, -0.2) is 13.2 Å².